The zero-order chi connectivity index (χ0) is 14.7. The second-order valence-electron chi connectivity index (χ2n) is 4.15. The van der Waals surface area contributed by atoms with Gasteiger partial charge >= 0.3 is 11.9 Å². The van der Waals surface area contributed by atoms with E-state index in [-0.39, 0.29) is 17.9 Å². The van der Waals surface area contributed by atoms with E-state index in [1.807, 2.05) is 0 Å². The van der Waals surface area contributed by atoms with Crippen LogP contribution in [0.4, 0.5) is 0 Å². The number of furan rings is 1. The molecule has 1 heterocycles. The summed E-state index contributed by atoms with van der Waals surface area (Å²) in [6.45, 7) is 1.71. The fourth-order valence-electron chi connectivity index (χ4n) is 1.68. The molecule has 6 heteroatoms. The van der Waals surface area contributed by atoms with Crippen molar-refractivity contribution < 1.29 is 29.0 Å². The smallest absolute Gasteiger partial charge is 0.372 e. The minimum absolute atomic E-state index is 0.0700. The van der Waals surface area contributed by atoms with Crippen molar-refractivity contribution in [1.82, 2.24) is 0 Å². The largest absolute Gasteiger partial charge is 0.486 e. The van der Waals surface area contributed by atoms with E-state index in [0.717, 1.165) is 0 Å². The van der Waals surface area contributed by atoms with E-state index < -0.39 is 11.9 Å². The van der Waals surface area contributed by atoms with E-state index in [4.69, 9.17) is 19.4 Å². The molecule has 1 aromatic heterocycles. The van der Waals surface area contributed by atoms with E-state index >= 15 is 0 Å². The fourth-order valence-corrected chi connectivity index (χ4v) is 1.68. The maximum Gasteiger partial charge on any atom is 0.372 e. The molecule has 0 aliphatic carbocycles. The number of carboxylic acids is 2. The van der Waals surface area contributed by atoms with E-state index in [1.165, 1.54) is 24.3 Å². The van der Waals surface area contributed by atoms with Crippen molar-refractivity contribution in [3.63, 3.8) is 0 Å². The maximum atomic E-state index is 10.8. The SMILES string of the molecule is Cc1cc(COc2ccc(C(=O)O)cc2)oc1C(=O)O. The summed E-state index contributed by atoms with van der Waals surface area (Å²) in [7, 11) is 0. The average molecular weight is 276 g/mol. The molecule has 0 atom stereocenters. The molecular formula is C14H12O6. The summed E-state index contributed by atoms with van der Waals surface area (Å²) >= 11 is 0. The highest BCUT2D eigenvalue weighted by molar-refractivity contribution is 5.87. The highest BCUT2D eigenvalue weighted by Crippen LogP contribution is 2.18. The van der Waals surface area contributed by atoms with Crippen LogP contribution in [0.1, 0.15) is 32.2 Å². The molecule has 0 aliphatic rings. The maximum absolute atomic E-state index is 10.8. The molecule has 2 rings (SSSR count). The Kier molecular flexibility index (Phi) is 3.74. The van der Waals surface area contributed by atoms with Gasteiger partial charge in [0.05, 0.1) is 5.56 Å². The van der Waals surface area contributed by atoms with Gasteiger partial charge in [-0.05, 0) is 37.3 Å². The molecule has 6 nitrogen and oxygen atoms in total. The Hall–Kier alpha value is -2.76. The molecule has 2 aromatic rings. The monoisotopic (exact) mass is 276 g/mol. The third kappa shape index (κ3) is 2.97. The van der Waals surface area contributed by atoms with Crippen LogP contribution < -0.4 is 4.74 Å². The van der Waals surface area contributed by atoms with Crippen molar-refractivity contribution in [3.05, 3.63) is 53.0 Å². The van der Waals surface area contributed by atoms with Gasteiger partial charge in [0.1, 0.15) is 18.1 Å². The number of aryl methyl sites for hydroxylation is 1. The summed E-state index contributed by atoms with van der Waals surface area (Å²) in [5, 5.41) is 17.6. The predicted octanol–water partition coefficient (Wildman–Crippen LogP) is 2.56. The number of benzene rings is 1. The quantitative estimate of drug-likeness (QED) is 0.871. The molecule has 0 aliphatic heterocycles. The Bertz CT molecular complexity index is 638. The zero-order valence-electron chi connectivity index (χ0n) is 10.6. The van der Waals surface area contributed by atoms with Crippen LogP contribution in [0.5, 0.6) is 5.75 Å². The third-order valence-electron chi connectivity index (χ3n) is 2.65. The number of carboxylic acid groups (broad SMARTS) is 2. The molecule has 0 radical (unpaired) electrons. The zero-order valence-corrected chi connectivity index (χ0v) is 10.6. The van der Waals surface area contributed by atoms with Crippen molar-refractivity contribution in [2.24, 2.45) is 0 Å². The lowest BCUT2D eigenvalue weighted by Gasteiger charge is -2.04. The normalized spacial score (nSPS) is 10.2. The Labute approximate surface area is 114 Å². The predicted molar refractivity (Wildman–Crippen MR) is 68.1 cm³/mol. The van der Waals surface area contributed by atoms with Crippen molar-refractivity contribution >= 4 is 11.9 Å². The first-order valence-corrected chi connectivity index (χ1v) is 5.76. The standard InChI is InChI=1S/C14H12O6/c1-8-6-11(20-12(8)14(17)18)7-19-10-4-2-9(3-5-10)13(15)16/h2-6H,7H2,1H3,(H,15,16)(H,17,18). The summed E-state index contributed by atoms with van der Waals surface area (Å²) in [5.74, 6) is -1.38. The average Bonchev–Trinajstić information content (AvgIpc) is 2.78. The minimum atomic E-state index is -1.13. The van der Waals surface area contributed by atoms with Crippen LogP contribution in [0.15, 0.2) is 34.7 Å². The Morgan fingerprint density at radius 1 is 1.15 bits per heavy atom. The Balaban J connectivity index is 2.03. The second kappa shape index (κ2) is 5.48. The van der Waals surface area contributed by atoms with E-state index in [2.05, 4.69) is 0 Å². The molecule has 104 valence electrons. The Morgan fingerprint density at radius 2 is 1.80 bits per heavy atom. The van der Waals surface area contributed by atoms with Crippen LogP contribution in [0.2, 0.25) is 0 Å². The van der Waals surface area contributed by atoms with Gasteiger partial charge in [-0.25, -0.2) is 9.59 Å². The lowest BCUT2D eigenvalue weighted by Crippen LogP contribution is -1.97. The van der Waals surface area contributed by atoms with E-state index in [0.29, 0.717) is 17.1 Å². The molecule has 0 amide bonds. The number of hydrogen-bond donors (Lipinski definition) is 2. The molecule has 0 fully saturated rings. The topological polar surface area (TPSA) is 97.0 Å². The lowest BCUT2D eigenvalue weighted by atomic mass is 10.2. The highest BCUT2D eigenvalue weighted by atomic mass is 16.5. The first kappa shape index (κ1) is 13.7. The summed E-state index contributed by atoms with van der Waals surface area (Å²) in [6, 6.07) is 7.49. The number of aromatic carboxylic acids is 2. The molecule has 0 saturated heterocycles. The third-order valence-corrected chi connectivity index (χ3v) is 2.65. The molecule has 1 aromatic carbocycles. The van der Waals surface area contributed by atoms with Gasteiger partial charge in [-0.1, -0.05) is 0 Å². The van der Waals surface area contributed by atoms with Gasteiger partial charge in [0, 0.05) is 5.56 Å². The van der Waals surface area contributed by atoms with Crippen LogP contribution in [0.3, 0.4) is 0 Å². The van der Waals surface area contributed by atoms with Crippen LogP contribution in [-0.4, -0.2) is 22.2 Å². The molecule has 2 N–H and O–H groups in total. The molecular weight excluding hydrogens is 264 g/mol. The molecule has 20 heavy (non-hydrogen) atoms. The second-order valence-corrected chi connectivity index (χ2v) is 4.15. The first-order chi connectivity index (χ1) is 9.47. The summed E-state index contributed by atoms with van der Waals surface area (Å²) in [5.41, 5.74) is 0.691. The van der Waals surface area contributed by atoms with Gasteiger partial charge in [-0.15, -0.1) is 0 Å². The minimum Gasteiger partial charge on any atom is -0.486 e. The van der Waals surface area contributed by atoms with Gasteiger partial charge in [-0.3, -0.25) is 0 Å². The van der Waals surface area contributed by atoms with E-state index in [9.17, 15) is 9.59 Å². The highest BCUT2D eigenvalue weighted by Gasteiger charge is 2.14. The fraction of sp³-hybridized carbons (Fsp3) is 0.143. The Morgan fingerprint density at radius 3 is 2.30 bits per heavy atom. The van der Waals surface area contributed by atoms with Crippen LogP contribution in [0.25, 0.3) is 0 Å². The number of ether oxygens (including phenoxy) is 1. The first-order valence-electron chi connectivity index (χ1n) is 5.76. The van der Waals surface area contributed by atoms with Crippen LogP contribution in [-0.2, 0) is 6.61 Å². The molecule has 0 unspecified atom stereocenters. The van der Waals surface area contributed by atoms with Gasteiger partial charge in [-0.2, -0.15) is 0 Å². The van der Waals surface area contributed by atoms with Crippen molar-refractivity contribution in [2.75, 3.05) is 0 Å². The summed E-state index contributed by atoms with van der Waals surface area (Å²) in [6.07, 6.45) is 0. The lowest BCUT2D eigenvalue weighted by molar-refractivity contribution is 0.0655. The molecule has 0 saturated carbocycles. The van der Waals surface area contributed by atoms with E-state index in [1.54, 1.807) is 13.0 Å². The van der Waals surface area contributed by atoms with Gasteiger partial charge in [0.25, 0.3) is 0 Å². The van der Waals surface area contributed by atoms with Gasteiger partial charge in [0.15, 0.2) is 0 Å². The van der Waals surface area contributed by atoms with Crippen molar-refractivity contribution in [1.29, 1.82) is 0 Å². The molecule has 0 bridgehead atoms. The summed E-state index contributed by atoms with van der Waals surface area (Å²) in [4.78, 5) is 21.5. The van der Waals surface area contributed by atoms with Crippen molar-refractivity contribution in [2.45, 2.75) is 13.5 Å². The number of carbonyl (C=O) groups is 2. The number of hydrogen-bond acceptors (Lipinski definition) is 4. The van der Waals surface area contributed by atoms with Crippen LogP contribution in [0, 0.1) is 6.92 Å². The van der Waals surface area contributed by atoms with Crippen LogP contribution >= 0.6 is 0 Å². The van der Waals surface area contributed by atoms with Crippen molar-refractivity contribution in [3.8, 4) is 5.75 Å². The summed E-state index contributed by atoms with van der Waals surface area (Å²) < 4.78 is 10.5. The molecule has 0 spiro atoms. The van der Waals surface area contributed by atoms with Gasteiger partial charge in [0.2, 0.25) is 5.76 Å². The van der Waals surface area contributed by atoms with Gasteiger partial charge < -0.3 is 19.4 Å². The number of rotatable bonds is 5.